The van der Waals surface area contributed by atoms with Crippen molar-refractivity contribution in [1.29, 1.82) is 0 Å². The van der Waals surface area contributed by atoms with Crippen LogP contribution in [0.3, 0.4) is 0 Å². The number of para-hydroxylation sites is 1. The van der Waals surface area contributed by atoms with Crippen LogP contribution in [0.4, 0.5) is 0 Å². The molecule has 1 aliphatic heterocycles. The molecule has 0 aliphatic carbocycles. The number of nitrogens with one attached hydrogen (secondary N) is 1. The summed E-state index contributed by atoms with van der Waals surface area (Å²) in [6, 6.07) is 13.0. The second-order valence-corrected chi connectivity index (χ2v) is 8.73. The summed E-state index contributed by atoms with van der Waals surface area (Å²) in [5.41, 5.74) is 1.92. The van der Waals surface area contributed by atoms with Crippen LogP contribution >= 0.6 is 0 Å². The molecular weight excluding hydrogens is 420 g/mol. The number of carbonyl (C=O) groups is 2. The number of amides is 1. The lowest BCUT2D eigenvalue weighted by molar-refractivity contribution is 0.0697. The van der Waals surface area contributed by atoms with Crippen LogP contribution in [0.1, 0.15) is 53.2 Å². The number of carbonyl (C=O) groups excluding carboxylic acids is 1. The molecule has 3 aromatic rings. The normalized spacial score (nSPS) is 15.2. The number of hydrogen-bond donors (Lipinski definition) is 2. The van der Waals surface area contributed by atoms with Crippen LogP contribution in [0.15, 0.2) is 42.5 Å². The van der Waals surface area contributed by atoms with Gasteiger partial charge >= 0.3 is 5.97 Å². The molecule has 4 rings (SSSR count). The molecule has 2 N–H and O–H groups in total. The number of nitrogens with zero attached hydrogens (tertiary/aromatic N) is 3. The minimum Gasteiger partial charge on any atom is -0.497 e. The second-order valence-electron chi connectivity index (χ2n) is 8.73. The van der Waals surface area contributed by atoms with Gasteiger partial charge in [0.15, 0.2) is 5.82 Å². The molecule has 2 heterocycles. The lowest BCUT2D eigenvalue weighted by Gasteiger charge is -2.34. The molecule has 1 amide bonds. The molecule has 0 unspecified atom stereocenters. The molecule has 2 aromatic carbocycles. The Bertz CT molecular complexity index is 1160. The average molecular weight is 451 g/mol. The van der Waals surface area contributed by atoms with Crippen molar-refractivity contribution in [3.63, 3.8) is 0 Å². The molecule has 0 atom stereocenters. The molecule has 1 fully saturated rings. The molecule has 8 nitrogen and oxygen atoms in total. The van der Waals surface area contributed by atoms with Crippen LogP contribution in [0, 0.1) is 0 Å². The Kier molecular flexibility index (Phi) is 6.65. The predicted octanol–water partition coefficient (Wildman–Crippen LogP) is 3.39. The maximum atomic E-state index is 13.3. The molecular formula is C25H30N4O4. The molecule has 0 radical (unpaired) electrons. The summed E-state index contributed by atoms with van der Waals surface area (Å²) in [6.07, 6.45) is 1.75. The van der Waals surface area contributed by atoms with E-state index < -0.39 is 5.97 Å². The van der Waals surface area contributed by atoms with Gasteiger partial charge in [0, 0.05) is 25.2 Å². The Morgan fingerprint density at radius 3 is 2.58 bits per heavy atom. The fourth-order valence-corrected chi connectivity index (χ4v) is 4.45. The molecule has 0 bridgehead atoms. The average Bonchev–Trinajstić information content (AvgIpc) is 3.18. The molecule has 174 valence electrons. The van der Waals surface area contributed by atoms with Crippen molar-refractivity contribution in [3.05, 3.63) is 59.4 Å². The maximum absolute atomic E-state index is 13.3. The Balaban J connectivity index is 1.68. The molecule has 1 saturated heterocycles. The van der Waals surface area contributed by atoms with E-state index in [2.05, 4.69) is 29.0 Å². The van der Waals surface area contributed by atoms with E-state index in [1.807, 2.05) is 24.3 Å². The number of imidazole rings is 1. The number of likely N-dealkylation sites (tertiary alicyclic amines) is 1. The second kappa shape index (κ2) is 9.62. The number of fused-ring (bicyclic) bond motifs is 1. The minimum absolute atomic E-state index is 0.0662. The SMILES string of the molecule is COc1cccc(Cn2c(C(=O)NC3CCN(C(C)C)CC3)nc3cccc(C(=O)O)c32)c1. The van der Waals surface area contributed by atoms with Gasteiger partial charge in [-0.15, -0.1) is 0 Å². The maximum Gasteiger partial charge on any atom is 0.337 e. The van der Waals surface area contributed by atoms with Gasteiger partial charge in [0.05, 0.1) is 30.3 Å². The van der Waals surface area contributed by atoms with Gasteiger partial charge in [0.1, 0.15) is 5.75 Å². The summed E-state index contributed by atoms with van der Waals surface area (Å²) < 4.78 is 7.03. The van der Waals surface area contributed by atoms with Crippen LogP contribution in [-0.2, 0) is 6.54 Å². The van der Waals surface area contributed by atoms with Crippen LogP contribution in [0.2, 0.25) is 0 Å². The van der Waals surface area contributed by atoms with Crippen molar-refractivity contribution in [2.75, 3.05) is 20.2 Å². The largest absolute Gasteiger partial charge is 0.497 e. The van der Waals surface area contributed by atoms with E-state index in [1.54, 1.807) is 23.8 Å². The smallest absolute Gasteiger partial charge is 0.337 e. The van der Waals surface area contributed by atoms with E-state index in [4.69, 9.17) is 4.74 Å². The van der Waals surface area contributed by atoms with Crippen molar-refractivity contribution in [1.82, 2.24) is 19.8 Å². The zero-order valence-electron chi connectivity index (χ0n) is 19.2. The summed E-state index contributed by atoms with van der Waals surface area (Å²) in [5.74, 6) is -0.431. The zero-order valence-corrected chi connectivity index (χ0v) is 19.2. The van der Waals surface area contributed by atoms with E-state index in [9.17, 15) is 14.7 Å². The first kappa shape index (κ1) is 22.8. The zero-order chi connectivity index (χ0) is 23.5. The van der Waals surface area contributed by atoms with Gasteiger partial charge in [-0.25, -0.2) is 9.78 Å². The molecule has 8 heteroatoms. The summed E-state index contributed by atoms with van der Waals surface area (Å²) >= 11 is 0. The molecule has 1 aromatic heterocycles. The Hall–Kier alpha value is -3.39. The van der Waals surface area contributed by atoms with Gasteiger partial charge in [0.2, 0.25) is 0 Å². The third-order valence-corrected chi connectivity index (χ3v) is 6.27. The van der Waals surface area contributed by atoms with E-state index >= 15 is 0 Å². The Morgan fingerprint density at radius 2 is 1.91 bits per heavy atom. The van der Waals surface area contributed by atoms with Crippen molar-refractivity contribution in [2.24, 2.45) is 0 Å². The first-order chi connectivity index (χ1) is 15.9. The number of methoxy groups -OCH3 is 1. The lowest BCUT2D eigenvalue weighted by atomic mass is 10.0. The van der Waals surface area contributed by atoms with Crippen molar-refractivity contribution in [2.45, 2.75) is 45.3 Å². The number of piperidine rings is 1. The molecule has 0 spiro atoms. The third kappa shape index (κ3) is 4.85. The van der Waals surface area contributed by atoms with Crippen molar-refractivity contribution >= 4 is 22.9 Å². The molecule has 33 heavy (non-hydrogen) atoms. The van der Waals surface area contributed by atoms with Crippen molar-refractivity contribution < 1.29 is 19.4 Å². The fraction of sp³-hybridized carbons (Fsp3) is 0.400. The topological polar surface area (TPSA) is 96.7 Å². The van der Waals surface area contributed by atoms with Crippen LogP contribution in [0.5, 0.6) is 5.75 Å². The highest BCUT2D eigenvalue weighted by Crippen LogP contribution is 2.24. The van der Waals surface area contributed by atoms with E-state index in [-0.39, 0.29) is 23.3 Å². The van der Waals surface area contributed by atoms with E-state index in [1.165, 1.54) is 6.07 Å². The van der Waals surface area contributed by atoms with E-state index in [0.29, 0.717) is 29.4 Å². The monoisotopic (exact) mass is 450 g/mol. The van der Waals surface area contributed by atoms with Crippen LogP contribution in [0.25, 0.3) is 11.0 Å². The number of rotatable bonds is 7. The molecule has 1 aliphatic rings. The first-order valence-electron chi connectivity index (χ1n) is 11.3. The number of aromatic carboxylic acids is 1. The van der Waals surface area contributed by atoms with E-state index in [0.717, 1.165) is 31.5 Å². The standard InChI is InChI=1S/C25H30N4O4/c1-16(2)28-12-10-18(11-13-28)26-24(30)23-27-21-9-5-8-20(25(31)32)22(21)29(23)15-17-6-4-7-19(14-17)33-3/h4-9,14,16,18H,10-13,15H2,1-3H3,(H,26,30)(H,31,32). The number of carboxylic acids is 1. The quantitative estimate of drug-likeness (QED) is 0.573. The first-order valence-corrected chi connectivity index (χ1v) is 11.3. The Labute approximate surface area is 193 Å². The summed E-state index contributed by atoms with van der Waals surface area (Å²) in [6.45, 7) is 6.53. The van der Waals surface area contributed by atoms with Gasteiger partial charge in [-0.05, 0) is 56.5 Å². The molecule has 0 saturated carbocycles. The third-order valence-electron chi connectivity index (χ3n) is 6.27. The van der Waals surface area contributed by atoms with Gasteiger partial charge < -0.3 is 24.6 Å². The minimum atomic E-state index is -1.06. The summed E-state index contributed by atoms with van der Waals surface area (Å²) in [4.78, 5) is 32.2. The fourth-order valence-electron chi connectivity index (χ4n) is 4.45. The highest BCUT2D eigenvalue weighted by Gasteiger charge is 2.26. The van der Waals surface area contributed by atoms with Gasteiger partial charge in [-0.2, -0.15) is 0 Å². The van der Waals surface area contributed by atoms with Crippen LogP contribution in [-0.4, -0.2) is 63.7 Å². The summed E-state index contributed by atoms with van der Waals surface area (Å²) in [7, 11) is 1.59. The van der Waals surface area contributed by atoms with Gasteiger partial charge in [0.25, 0.3) is 5.91 Å². The van der Waals surface area contributed by atoms with Crippen molar-refractivity contribution in [3.8, 4) is 5.75 Å². The number of aromatic nitrogens is 2. The van der Waals surface area contributed by atoms with Gasteiger partial charge in [-0.3, -0.25) is 4.79 Å². The van der Waals surface area contributed by atoms with Crippen LogP contribution < -0.4 is 10.1 Å². The highest BCUT2D eigenvalue weighted by molar-refractivity contribution is 6.04. The number of ether oxygens (including phenoxy) is 1. The van der Waals surface area contributed by atoms with Gasteiger partial charge in [-0.1, -0.05) is 18.2 Å². The lowest BCUT2D eigenvalue weighted by Crippen LogP contribution is -2.47. The number of benzene rings is 2. The number of hydrogen-bond acceptors (Lipinski definition) is 5. The highest BCUT2D eigenvalue weighted by atomic mass is 16.5. The predicted molar refractivity (Wildman–Crippen MR) is 126 cm³/mol. The summed E-state index contributed by atoms with van der Waals surface area (Å²) in [5, 5.41) is 12.9. The number of carboxylic acid groups (broad SMARTS) is 1. The Morgan fingerprint density at radius 1 is 1.18 bits per heavy atom.